The second-order valence-corrected chi connectivity index (χ2v) is 7.59. The molecule has 0 amide bonds. The van der Waals surface area contributed by atoms with Gasteiger partial charge in [-0.3, -0.25) is 9.36 Å². The van der Waals surface area contributed by atoms with Crippen LogP contribution in [0.25, 0.3) is 21.3 Å². The van der Waals surface area contributed by atoms with Gasteiger partial charge in [-0.05, 0) is 30.2 Å². The fourth-order valence-electron chi connectivity index (χ4n) is 3.53. The molecule has 2 aromatic heterocycles. The molecule has 4 rings (SSSR count). The molecule has 1 unspecified atom stereocenters. The van der Waals surface area contributed by atoms with Gasteiger partial charge in [0.25, 0.3) is 5.56 Å². The molecule has 0 bridgehead atoms. The second kappa shape index (κ2) is 8.12. The maximum Gasteiger partial charge on any atom is 0.333 e. The lowest BCUT2D eigenvalue weighted by Gasteiger charge is -2.20. The lowest BCUT2D eigenvalue weighted by molar-refractivity contribution is -0.143. The number of carbonyl (C=O) groups excluding carboxylic acids is 1. The molecule has 0 spiro atoms. The van der Waals surface area contributed by atoms with Crippen LogP contribution in [0.2, 0.25) is 0 Å². The molecule has 0 saturated heterocycles. The average molecular weight is 420 g/mol. The molecule has 2 heterocycles. The maximum atomic E-state index is 13.7. The fourth-order valence-corrected chi connectivity index (χ4v) is 4.51. The van der Waals surface area contributed by atoms with Crippen LogP contribution in [0.15, 0.2) is 64.8 Å². The van der Waals surface area contributed by atoms with Gasteiger partial charge in [-0.2, -0.15) is 0 Å². The van der Waals surface area contributed by atoms with E-state index in [-0.39, 0.29) is 5.56 Å². The third-order valence-corrected chi connectivity index (χ3v) is 5.89. The first-order valence-corrected chi connectivity index (χ1v) is 10.2. The lowest BCUT2D eigenvalue weighted by Crippen LogP contribution is -2.33. The monoisotopic (exact) mass is 420 g/mol. The Hall–Kier alpha value is -3.45. The molecule has 0 saturated carbocycles. The molecule has 6 nitrogen and oxygen atoms in total. The molecule has 0 aliphatic rings. The molecule has 4 aromatic rings. The third kappa shape index (κ3) is 3.37. The van der Waals surface area contributed by atoms with Crippen LogP contribution >= 0.6 is 11.3 Å². The van der Waals surface area contributed by atoms with Crippen LogP contribution in [0.5, 0.6) is 5.75 Å². The van der Waals surface area contributed by atoms with E-state index >= 15 is 0 Å². The summed E-state index contributed by atoms with van der Waals surface area (Å²) in [4.78, 5) is 31.6. The van der Waals surface area contributed by atoms with Gasteiger partial charge in [-0.15, -0.1) is 11.3 Å². The van der Waals surface area contributed by atoms with E-state index in [2.05, 4.69) is 4.98 Å². The molecule has 0 aliphatic heterocycles. The molecule has 152 valence electrons. The lowest BCUT2D eigenvalue weighted by atomic mass is 10.0. The van der Waals surface area contributed by atoms with Crippen molar-refractivity contribution in [2.45, 2.75) is 13.0 Å². The van der Waals surface area contributed by atoms with Crippen molar-refractivity contribution in [3.63, 3.8) is 0 Å². The standard InChI is InChI=1S/C23H20N2O4S/c1-14-24-21-19(18(13-30-21)15-9-11-17(28-2)12-10-15)22(26)25(14)20(23(27)29-3)16-7-5-4-6-8-16/h4-13,20H,1-3H3. The van der Waals surface area contributed by atoms with Gasteiger partial charge in [0.1, 0.15) is 16.4 Å². The number of esters is 1. The van der Waals surface area contributed by atoms with Gasteiger partial charge in [0, 0.05) is 10.9 Å². The molecule has 30 heavy (non-hydrogen) atoms. The SMILES string of the molecule is COC(=O)C(c1ccccc1)n1c(C)nc2scc(-c3ccc(OC)cc3)c2c1=O. The summed E-state index contributed by atoms with van der Waals surface area (Å²) < 4.78 is 11.7. The van der Waals surface area contributed by atoms with Crippen molar-refractivity contribution in [1.82, 2.24) is 9.55 Å². The number of thiophene rings is 1. The minimum Gasteiger partial charge on any atom is -0.497 e. The Morgan fingerprint density at radius 2 is 1.77 bits per heavy atom. The van der Waals surface area contributed by atoms with E-state index in [4.69, 9.17) is 9.47 Å². The Morgan fingerprint density at radius 3 is 2.40 bits per heavy atom. The van der Waals surface area contributed by atoms with Crippen LogP contribution in [0, 0.1) is 6.92 Å². The number of fused-ring (bicyclic) bond motifs is 1. The summed E-state index contributed by atoms with van der Waals surface area (Å²) in [5, 5.41) is 2.40. The smallest absolute Gasteiger partial charge is 0.333 e. The summed E-state index contributed by atoms with van der Waals surface area (Å²) in [5.41, 5.74) is 2.05. The van der Waals surface area contributed by atoms with Crippen LogP contribution in [-0.2, 0) is 9.53 Å². The van der Waals surface area contributed by atoms with Gasteiger partial charge in [-0.1, -0.05) is 42.5 Å². The van der Waals surface area contributed by atoms with E-state index in [1.807, 2.05) is 47.8 Å². The van der Waals surface area contributed by atoms with Gasteiger partial charge < -0.3 is 9.47 Å². The second-order valence-electron chi connectivity index (χ2n) is 6.73. The molecular formula is C23H20N2O4S. The van der Waals surface area contributed by atoms with Gasteiger partial charge in [0.05, 0.1) is 19.6 Å². The maximum absolute atomic E-state index is 13.7. The summed E-state index contributed by atoms with van der Waals surface area (Å²) >= 11 is 1.41. The highest BCUT2D eigenvalue weighted by atomic mass is 32.1. The Labute approximate surface area is 177 Å². The van der Waals surface area contributed by atoms with Crippen molar-refractivity contribution in [2.75, 3.05) is 14.2 Å². The zero-order chi connectivity index (χ0) is 21.3. The average Bonchev–Trinajstić information content (AvgIpc) is 3.20. The van der Waals surface area contributed by atoms with Crippen molar-refractivity contribution >= 4 is 27.5 Å². The number of aromatic nitrogens is 2. The number of nitrogens with zero attached hydrogens (tertiary/aromatic N) is 2. The topological polar surface area (TPSA) is 70.4 Å². The van der Waals surface area contributed by atoms with E-state index in [1.165, 1.54) is 23.0 Å². The molecular weight excluding hydrogens is 400 g/mol. The summed E-state index contributed by atoms with van der Waals surface area (Å²) in [6.07, 6.45) is 0. The number of aryl methyl sites for hydroxylation is 1. The van der Waals surface area contributed by atoms with Crippen molar-refractivity contribution in [3.8, 4) is 16.9 Å². The molecule has 0 aliphatic carbocycles. The minimum atomic E-state index is -0.913. The van der Waals surface area contributed by atoms with E-state index in [0.717, 1.165) is 16.9 Å². The third-order valence-electron chi connectivity index (χ3n) is 5.02. The molecule has 0 radical (unpaired) electrons. The zero-order valence-corrected chi connectivity index (χ0v) is 17.6. The first-order valence-electron chi connectivity index (χ1n) is 9.32. The van der Waals surface area contributed by atoms with Crippen LogP contribution in [0.3, 0.4) is 0 Å². The predicted octanol–water partition coefficient (Wildman–Crippen LogP) is 4.20. The number of hydrogen-bond acceptors (Lipinski definition) is 6. The molecule has 7 heteroatoms. The van der Waals surface area contributed by atoms with Crippen molar-refractivity contribution in [3.05, 3.63) is 81.7 Å². The molecule has 0 N–H and O–H groups in total. The van der Waals surface area contributed by atoms with Gasteiger partial charge in [0.15, 0.2) is 6.04 Å². The Morgan fingerprint density at radius 1 is 1.07 bits per heavy atom. The number of benzene rings is 2. The van der Waals surface area contributed by atoms with Crippen molar-refractivity contribution in [2.24, 2.45) is 0 Å². The van der Waals surface area contributed by atoms with E-state index in [9.17, 15) is 9.59 Å². The van der Waals surface area contributed by atoms with E-state index in [1.54, 1.807) is 26.2 Å². The predicted molar refractivity (Wildman–Crippen MR) is 117 cm³/mol. The molecule has 1 atom stereocenters. The largest absolute Gasteiger partial charge is 0.497 e. The number of hydrogen-bond donors (Lipinski definition) is 0. The van der Waals surface area contributed by atoms with Gasteiger partial charge >= 0.3 is 5.97 Å². The van der Waals surface area contributed by atoms with E-state index < -0.39 is 12.0 Å². The summed E-state index contributed by atoms with van der Waals surface area (Å²) in [5.74, 6) is 0.670. The summed E-state index contributed by atoms with van der Waals surface area (Å²) in [6.45, 7) is 1.73. The van der Waals surface area contributed by atoms with Crippen LogP contribution < -0.4 is 10.3 Å². The highest BCUT2D eigenvalue weighted by molar-refractivity contribution is 7.17. The number of ether oxygens (including phenoxy) is 2. The van der Waals surface area contributed by atoms with Crippen LogP contribution in [0.1, 0.15) is 17.4 Å². The van der Waals surface area contributed by atoms with E-state index in [0.29, 0.717) is 21.6 Å². The zero-order valence-electron chi connectivity index (χ0n) is 16.8. The van der Waals surface area contributed by atoms with Crippen molar-refractivity contribution < 1.29 is 14.3 Å². The van der Waals surface area contributed by atoms with Crippen molar-refractivity contribution in [1.29, 1.82) is 0 Å². The van der Waals surface area contributed by atoms with Gasteiger partial charge in [0.2, 0.25) is 0 Å². The first kappa shape index (κ1) is 19.8. The highest BCUT2D eigenvalue weighted by Gasteiger charge is 2.28. The number of methoxy groups -OCH3 is 2. The van der Waals surface area contributed by atoms with Crippen LogP contribution in [-0.4, -0.2) is 29.7 Å². The summed E-state index contributed by atoms with van der Waals surface area (Å²) in [7, 11) is 2.93. The Balaban J connectivity index is 1.96. The Bertz CT molecular complexity index is 1260. The number of carbonyl (C=O) groups is 1. The normalized spacial score (nSPS) is 12.0. The molecule has 2 aromatic carbocycles. The number of rotatable bonds is 5. The quantitative estimate of drug-likeness (QED) is 0.453. The van der Waals surface area contributed by atoms with Gasteiger partial charge in [-0.25, -0.2) is 9.78 Å². The summed E-state index contributed by atoms with van der Waals surface area (Å²) in [6, 6.07) is 15.7. The minimum absolute atomic E-state index is 0.274. The Kier molecular flexibility index (Phi) is 5.37. The first-order chi connectivity index (χ1) is 14.5. The van der Waals surface area contributed by atoms with Crippen LogP contribution in [0.4, 0.5) is 0 Å². The fraction of sp³-hybridized carbons (Fsp3) is 0.174. The highest BCUT2D eigenvalue weighted by Crippen LogP contribution is 2.33. The molecule has 0 fully saturated rings.